The van der Waals surface area contributed by atoms with Gasteiger partial charge in [0.25, 0.3) is 0 Å². The molecule has 0 unspecified atom stereocenters. The van der Waals surface area contributed by atoms with Crippen molar-refractivity contribution in [1.29, 1.82) is 0 Å². The van der Waals surface area contributed by atoms with Gasteiger partial charge in [0.1, 0.15) is 16.5 Å². The number of hydrogen-bond acceptors (Lipinski definition) is 8. The lowest BCUT2D eigenvalue weighted by molar-refractivity contribution is -0.139. The molecule has 3 saturated heterocycles. The first kappa shape index (κ1) is 23.6. The lowest BCUT2D eigenvalue weighted by Crippen LogP contribution is -2.48. The zero-order valence-electron chi connectivity index (χ0n) is 20.8. The van der Waals surface area contributed by atoms with Crippen molar-refractivity contribution in [2.24, 2.45) is 11.8 Å². The number of thiophene rings is 1. The highest BCUT2D eigenvalue weighted by Crippen LogP contribution is 2.42. The normalized spacial score (nSPS) is 26.2. The minimum absolute atomic E-state index is 0.0315. The summed E-state index contributed by atoms with van der Waals surface area (Å²) < 4.78 is 11.0. The third kappa shape index (κ3) is 4.92. The van der Waals surface area contributed by atoms with Gasteiger partial charge in [0.15, 0.2) is 0 Å². The predicted octanol–water partition coefficient (Wildman–Crippen LogP) is 2.72. The highest BCUT2D eigenvalue weighted by molar-refractivity contribution is 7.19. The fourth-order valence-corrected chi connectivity index (χ4v) is 7.43. The number of aromatic nitrogens is 2. The fraction of sp³-hybridized carbons (Fsp3) is 0.731. The van der Waals surface area contributed by atoms with Crippen molar-refractivity contribution in [2.45, 2.75) is 45.6 Å². The first-order valence-corrected chi connectivity index (χ1v) is 14.2. The van der Waals surface area contributed by atoms with Crippen molar-refractivity contribution >= 4 is 33.3 Å². The first-order chi connectivity index (χ1) is 17.2. The zero-order valence-corrected chi connectivity index (χ0v) is 21.7. The van der Waals surface area contributed by atoms with Crippen molar-refractivity contribution < 1.29 is 14.3 Å². The van der Waals surface area contributed by atoms with Gasteiger partial charge in [-0.2, -0.15) is 0 Å². The van der Waals surface area contributed by atoms with Gasteiger partial charge in [0, 0.05) is 44.1 Å². The van der Waals surface area contributed by atoms with Gasteiger partial charge in [-0.15, -0.1) is 11.3 Å². The number of carbonyl (C=O) groups is 1. The van der Waals surface area contributed by atoms with E-state index < -0.39 is 0 Å². The van der Waals surface area contributed by atoms with Crippen molar-refractivity contribution in [3.05, 3.63) is 16.3 Å². The molecule has 5 heterocycles. The molecule has 9 heteroatoms. The van der Waals surface area contributed by atoms with E-state index in [1.165, 1.54) is 22.2 Å². The summed E-state index contributed by atoms with van der Waals surface area (Å²) in [5.74, 6) is 3.03. The van der Waals surface area contributed by atoms with Gasteiger partial charge >= 0.3 is 0 Å². The Balaban J connectivity index is 1.33. The number of hydrogen-bond donors (Lipinski definition) is 0. The summed E-state index contributed by atoms with van der Waals surface area (Å²) in [6.45, 7) is 11.0. The first-order valence-electron chi connectivity index (χ1n) is 13.4. The molecule has 0 bridgehead atoms. The number of ether oxygens (including phenoxy) is 2. The second kappa shape index (κ2) is 10.3. The fourth-order valence-electron chi connectivity index (χ4n) is 6.04. The summed E-state index contributed by atoms with van der Waals surface area (Å²) in [4.78, 5) is 33.1. The topological polar surface area (TPSA) is 71.0 Å². The van der Waals surface area contributed by atoms with Crippen LogP contribution < -0.4 is 4.90 Å². The molecule has 2 aromatic heterocycles. The van der Waals surface area contributed by atoms with E-state index in [2.05, 4.69) is 16.7 Å². The quantitative estimate of drug-likeness (QED) is 0.641. The van der Waals surface area contributed by atoms with Crippen molar-refractivity contribution in [3.63, 3.8) is 0 Å². The van der Waals surface area contributed by atoms with Crippen LogP contribution in [-0.2, 0) is 33.7 Å². The highest BCUT2D eigenvalue weighted by Gasteiger charge is 2.33. The number of morpholine rings is 2. The Hall–Kier alpha value is -1.81. The molecule has 4 aliphatic rings. The standard InChI is InChI=1S/C26H37N5O3S/c1-18-4-5-20-21(15-18)35-25-23(20)24(27-22(28-25)17-29-7-11-33-12-8-29)31-6-2-3-19(16-31)26(32)30-9-13-34-14-10-30/h18-19H,2-17H2,1H3/t18-,19+/m1/s1. The molecule has 2 aromatic rings. The molecule has 0 spiro atoms. The molecule has 0 saturated carbocycles. The second-order valence-electron chi connectivity index (χ2n) is 10.6. The smallest absolute Gasteiger partial charge is 0.227 e. The van der Waals surface area contributed by atoms with E-state index in [1.807, 2.05) is 16.2 Å². The van der Waals surface area contributed by atoms with Crippen LogP contribution in [-0.4, -0.2) is 91.4 Å². The van der Waals surface area contributed by atoms with E-state index in [4.69, 9.17) is 19.4 Å². The van der Waals surface area contributed by atoms with Crippen molar-refractivity contribution in [1.82, 2.24) is 19.8 Å². The van der Waals surface area contributed by atoms with Crippen LogP contribution in [0.1, 0.15) is 42.5 Å². The van der Waals surface area contributed by atoms with E-state index >= 15 is 0 Å². The number of fused-ring (bicyclic) bond motifs is 3. The molecule has 0 N–H and O–H groups in total. The molecule has 190 valence electrons. The molecular formula is C26H37N5O3S. The predicted molar refractivity (Wildman–Crippen MR) is 137 cm³/mol. The van der Waals surface area contributed by atoms with E-state index in [-0.39, 0.29) is 11.8 Å². The van der Waals surface area contributed by atoms with Crippen LogP contribution in [0.5, 0.6) is 0 Å². The molecule has 3 aliphatic heterocycles. The number of piperidine rings is 1. The molecule has 3 fully saturated rings. The average Bonchev–Trinajstić information content (AvgIpc) is 3.26. The maximum atomic E-state index is 13.3. The van der Waals surface area contributed by atoms with Gasteiger partial charge in [0.2, 0.25) is 5.91 Å². The Labute approximate surface area is 211 Å². The van der Waals surface area contributed by atoms with E-state index in [0.717, 1.165) is 94.0 Å². The maximum absolute atomic E-state index is 13.3. The molecular weight excluding hydrogens is 462 g/mol. The molecule has 0 radical (unpaired) electrons. The number of nitrogens with zero attached hydrogens (tertiary/aromatic N) is 5. The molecule has 8 nitrogen and oxygen atoms in total. The number of amides is 1. The monoisotopic (exact) mass is 499 g/mol. The summed E-state index contributed by atoms with van der Waals surface area (Å²) in [7, 11) is 0. The molecule has 0 aromatic carbocycles. The van der Waals surface area contributed by atoms with Gasteiger partial charge < -0.3 is 19.3 Å². The van der Waals surface area contributed by atoms with E-state index in [9.17, 15) is 4.79 Å². The van der Waals surface area contributed by atoms with Crippen LogP contribution in [0.4, 0.5) is 5.82 Å². The summed E-state index contributed by atoms with van der Waals surface area (Å²) in [5, 5.41) is 1.27. The number of rotatable bonds is 4. The average molecular weight is 500 g/mol. The Morgan fingerprint density at radius 2 is 1.80 bits per heavy atom. The molecule has 1 amide bonds. The minimum Gasteiger partial charge on any atom is -0.379 e. The largest absolute Gasteiger partial charge is 0.379 e. The maximum Gasteiger partial charge on any atom is 0.227 e. The van der Waals surface area contributed by atoms with Crippen molar-refractivity contribution in [2.75, 3.05) is 70.6 Å². The SMILES string of the molecule is C[C@@H]1CCc2c(sc3nc(CN4CCOCC4)nc(N4CCC[C@H](C(=O)N5CCOCC5)C4)c23)C1. The second-order valence-corrected chi connectivity index (χ2v) is 11.7. The Morgan fingerprint density at radius 3 is 2.60 bits per heavy atom. The lowest BCUT2D eigenvalue weighted by Gasteiger charge is -2.37. The van der Waals surface area contributed by atoms with Crippen LogP contribution in [0, 0.1) is 11.8 Å². The van der Waals surface area contributed by atoms with Gasteiger partial charge in [-0.1, -0.05) is 6.92 Å². The van der Waals surface area contributed by atoms with Crippen LogP contribution >= 0.6 is 11.3 Å². The molecule has 35 heavy (non-hydrogen) atoms. The summed E-state index contributed by atoms with van der Waals surface area (Å²) in [6.07, 6.45) is 5.47. The molecule has 1 aliphatic carbocycles. The number of carbonyl (C=O) groups excluding carboxylic acids is 1. The third-order valence-corrected chi connectivity index (χ3v) is 9.19. The Bertz CT molecular complexity index is 1060. The summed E-state index contributed by atoms with van der Waals surface area (Å²) >= 11 is 1.88. The number of aryl methyl sites for hydroxylation is 1. The van der Waals surface area contributed by atoms with Crippen LogP contribution in [0.3, 0.4) is 0 Å². The summed E-state index contributed by atoms with van der Waals surface area (Å²) in [5.41, 5.74) is 1.47. The number of anilines is 1. The lowest BCUT2D eigenvalue weighted by atomic mass is 9.89. The molecule has 6 rings (SSSR count). The van der Waals surface area contributed by atoms with Gasteiger partial charge in [-0.3, -0.25) is 9.69 Å². The Morgan fingerprint density at radius 1 is 1.03 bits per heavy atom. The minimum atomic E-state index is 0.0315. The van der Waals surface area contributed by atoms with E-state index in [0.29, 0.717) is 26.3 Å². The van der Waals surface area contributed by atoms with Crippen LogP contribution in [0.2, 0.25) is 0 Å². The van der Waals surface area contributed by atoms with Gasteiger partial charge in [-0.25, -0.2) is 9.97 Å². The molecule has 2 atom stereocenters. The Kier molecular flexibility index (Phi) is 6.93. The highest BCUT2D eigenvalue weighted by atomic mass is 32.1. The summed E-state index contributed by atoms with van der Waals surface area (Å²) in [6, 6.07) is 0. The van der Waals surface area contributed by atoms with Gasteiger partial charge in [0.05, 0.1) is 44.3 Å². The third-order valence-electron chi connectivity index (χ3n) is 8.04. The van der Waals surface area contributed by atoms with Crippen LogP contribution in [0.15, 0.2) is 0 Å². The van der Waals surface area contributed by atoms with E-state index in [1.54, 1.807) is 0 Å². The van der Waals surface area contributed by atoms with Crippen LogP contribution in [0.25, 0.3) is 10.2 Å². The zero-order chi connectivity index (χ0) is 23.8. The van der Waals surface area contributed by atoms with Crippen molar-refractivity contribution in [3.8, 4) is 0 Å². The van der Waals surface area contributed by atoms with Gasteiger partial charge in [-0.05, 0) is 43.6 Å².